The summed E-state index contributed by atoms with van der Waals surface area (Å²) in [6.07, 6.45) is 5.05. The van der Waals surface area contributed by atoms with Gasteiger partial charge in [0.2, 0.25) is 0 Å². The van der Waals surface area contributed by atoms with Crippen molar-refractivity contribution >= 4 is 17.5 Å². The number of hydrogen-bond donors (Lipinski definition) is 1. The number of ketones is 2. The summed E-state index contributed by atoms with van der Waals surface area (Å²) in [6.45, 7) is 11.7. The molecule has 3 rings (SSSR count). The fourth-order valence-corrected chi connectivity index (χ4v) is 6.18. The van der Waals surface area contributed by atoms with Gasteiger partial charge in [-0.15, -0.1) is 0 Å². The summed E-state index contributed by atoms with van der Waals surface area (Å²) in [6, 6.07) is 12.1. The van der Waals surface area contributed by atoms with Crippen molar-refractivity contribution in [2.45, 2.75) is 91.1 Å². The molecule has 0 aliphatic heterocycles. The van der Waals surface area contributed by atoms with E-state index in [1.807, 2.05) is 39.0 Å². The largest absolute Gasteiger partial charge is 0.389 e. The predicted molar refractivity (Wildman–Crippen MR) is 148 cm³/mol. The van der Waals surface area contributed by atoms with Gasteiger partial charge in [-0.3, -0.25) is 14.4 Å². The van der Waals surface area contributed by atoms with Crippen LogP contribution < -0.4 is 0 Å². The van der Waals surface area contributed by atoms with Gasteiger partial charge < -0.3 is 10.0 Å². The third kappa shape index (κ3) is 5.57. The van der Waals surface area contributed by atoms with E-state index in [0.29, 0.717) is 24.0 Å². The van der Waals surface area contributed by atoms with Gasteiger partial charge in [0, 0.05) is 29.5 Å². The van der Waals surface area contributed by atoms with Crippen molar-refractivity contribution in [1.29, 1.82) is 0 Å². The van der Waals surface area contributed by atoms with E-state index in [1.165, 1.54) is 11.8 Å². The van der Waals surface area contributed by atoms with Crippen molar-refractivity contribution in [1.82, 2.24) is 4.90 Å². The molecular weight excluding hydrogens is 462 g/mol. The van der Waals surface area contributed by atoms with Crippen LogP contribution in [-0.2, 0) is 10.2 Å². The van der Waals surface area contributed by atoms with E-state index in [0.717, 1.165) is 47.9 Å². The van der Waals surface area contributed by atoms with Crippen LogP contribution in [0, 0.1) is 19.8 Å². The number of aryl methyl sites for hydroxylation is 2. The Morgan fingerprint density at radius 1 is 0.946 bits per heavy atom. The van der Waals surface area contributed by atoms with E-state index in [1.54, 1.807) is 7.05 Å². The normalized spacial score (nSPS) is 15.9. The van der Waals surface area contributed by atoms with Crippen LogP contribution in [0.15, 0.2) is 36.4 Å². The van der Waals surface area contributed by atoms with E-state index in [9.17, 15) is 19.5 Å². The Bertz CT molecular complexity index is 1170. The standard InChI is InChI=1S/C32H43NO4/c1-8-31(9-2,26-13-15-28(22(4)19-26)30(36)33(7)20-23(5)34)25-12-14-27(21(3)18-25)29(35)24(6)32(37)16-10-11-17-32/h12-15,18-19,24,37H,8-11,16-17,20H2,1-7H3. The average molecular weight is 506 g/mol. The lowest BCUT2D eigenvalue weighted by Gasteiger charge is -2.35. The third-order valence-corrected chi connectivity index (χ3v) is 8.74. The molecule has 1 N–H and O–H groups in total. The van der Waals surface area contributed by atoms with Gasteiger partial charge in [-0.05, 0) is 74.8 Å². The Hall–Kier alpha value is -2.79. The Balaban J connectivity index is 1.96. The molecule has 0 bridgehead atoms. The smallest absolute Gasteiger partial charge is 0.254 e. The summed E-state index contributed by atoms with van der Waals surface area (Å²) in [7, 11) is 1.65. The van der Waals surface area contributed by atoms with Crippen molar-refractivity contribution in [2.24, 2.45) is 5.92 Å². The summed E-state index contributed by atoms with van der Waals surface area (Å²) >= 11 is 0. The molecule has 5 heteroatoms. The molecule has 0 aromatic heterocycles. The van der Waals surface area contributed by atoms with Crippen LogP contribution >= 0.6 is 0 Å². The number of benzene rings is 2. The topological polar surface area (TPSA) is 74.7 Å². The van der Waals surface area contributed by atoms with Gasteiger partial charge in [0.1, 0.15) is 5.78 Å². The third-order valence-electron chi connectivity index (χ3n) is 8.74. The zero-order valence-corrected chi connectivity index (χ0v) is 23.6. The number of aliphatic hydroxyl groups is 1. The zero-order chi connectivity index (χ0) is 27.5. The van der Waals surface area contributed by atoms with E-state index in [-0.39, 0.29) is 29.4 Å². The molecule has 2 aromatic rings. The van der Waals surface area contributed by atoms with Crippen LogP contribution in [0.25, 0.3) is 0 Å². The maximum Gasteiger partial charge on any atom is 0.254 e. The van der Waals surface area contributed by atoms with E-state index in [2.05, 4.69) is 32.0 Å². The Labute approximate surface area is 222 Å². The number of rotatable bonds is 10. The minimum absolute atomic E-state index is 0.0143. The van der Waals surface area contributed by atoms with E-state index >= 15 is 0 Å². The molecule has 1 unspecified atom stereocenters. The molecule has 1 amide bonds. The number of nitrogens with zero attached hydrogens (tertiary/aromatic N) is 1. The molecule has 5 nitrogen and oxygen atoms in total. The predicted octanol–water partition coefficient (Wildman–Crippen LogP) is 6.19. The second-order valence-corrected chi connectivity index (χ2v) is 11.1. The SMILES string of the molecule is CCC(CC)(c1ccc(C(=O)C(C)C2(O)CCCC2)c(C)c1)c1ccc(C(=O)N(C)CC(C)=O)c(C)c1. The molecule has 37 heavy (non-hydrogen) atoms. The van der Waals surface area contributed by atoms with Crippen molar-refractivity contribution in [3.8, 4) is 0 Å². The van der Waals surface area contributed by atoms with Crippen LogP contribution in [0.5, 0.6) is 0 Å². The van der Waals surface area contributed by atoms with E-state index < -0.39 is 11.5 Å². The molecule has 1 atom stereocenters. The maximum atomic E-state index is 13.4. The average Bonchev–Trinajstić information content (AvgIpc) is 3.31. The van der Waals surface area contributed by atoms with Crippen LogP contribution in [0.1, 0.15) is 109 Å². The Morgan fingerprint density at radius 2 is 1.43 bits per heavy atom. The molecule has 1 fully saturated rings. The van der Waals surface area contributed by atoms with Gasteiger partial charge in [0.15, 0.2) is 5.78 Å². The molecule has 200 valence electrons. The molecule has 2 aromatic carbocycles. The molecule has 0 radical (unpaired) electrons. The number of Topliss-reactive ketones (excluding diaryl/α,β-unsaturated/α-hetero) is 2. The fourth-order valence-electron chi connectivity index (χ4n) is 6.18. The number of likely N-dealkylation sites (N-methyl/N-ethyl adjacent to an activating group) is 1. The highest BCUT2D eigenvalue weighted by Crippen LogP contribution is 2.41. The second kappa shape index (κ2) is 11.3. The Morgan fingerprint density at radius 3 is 1.86 bits per heavy atom. The molecular formula is C32H43NO4. The minimum atomic E-state index is -0.895. The number of amides is 1. The van der Waals surface area contributed by atoms with Crippen molar-refractivity contribution in [2.75, 3.05) is 13.6 Å². The lowest BCUT2D eigenvalue weighted by atomic mass is 9.69. The lowest BCUT2D eigenvalue weighted by molar-refractivity contribution is -0.117. The number of carbonyl (C=O) groups excluding carboxylic acids is 3. The summed E-state index contributed by atoms with van der Waals surface area (Å²) in [5, 5.41) is 11.0. The lowest BCUT2D eigenvalue weighted by Crippen LogP contribution is -2.38. The quantitative estimate of drug-likeness (QED) is 0.391. The molecule has 0 saturated heterocycles. The fraction of sp³-hybridized carbons (Fsp3) is 0.531. The maximum absolute atomic E-state index is 13.4. The highest BCUT2D eigenvalue weighted by atomic mass is 16.3. The zero-order valence-electron chi connectivity index (χ0n) is 23.6. The van der Waals surface area contributed by atoms with Crippen LogP contribution in [0.4, 0.5) is 0 Å². The van der Waals surface area contributed by atoms with Gasteiger partial charge in [-0.2, -0.15) is 0 Å². The van der Waals surface area contributed by atoms with Crippen LogP contribution in [0.3, 0.4) is 0 Å². The highest BCUT2D eigenvalue weighted by molar-refractivity contribution is 6.00. The van der Waals surface area contributed by atoms with Crippen molar-refractivity contribution < 1.29 is 19.5 Å². The Kier molecular flexibility index (Phi) is 8.79. The summed E-state index contributed by atoms with van der Waals surface area (Å²) in [5.41, 5.74) is 4.21. The van der Waals surface area contributed by atoms with Gasteiger partial charge in [0.05, 0.1) is 12.1 Å². The first-order valence-electron chi connectivity index (χ1n) is 13.6. The van der Waals surface area contributed by atoms with Crippen molar-refractivity contribution in [3.63, 3.8) is 0 Å². The van der Waals surface area contributed by atoms with Gasteiger partial charge in [-0.1, -0.05) is 63.9 Å². The van der Waals surface area contributed by atoms with Crippen LogP contribution in [-0.4, -0.2) is 46.7 Å². The molecule has 1 aliphatic rings. The monoisotopic (exact) mass is 505 g/mol. The first kappa shape index (κ1) is 28.8. The molecule has 1 saturated carbocycles. The second-order valence-electron chi connectivity index (χ2n) is 11.1. The molecule has 0 spiro atoms. The number of carbonyl (C=O) groups is 3. The summed E-state index contributed by atoms with van der Waals surface area (Å²) in [5.74, 6) is -0.615. The highest BCUT2D eigenvalue weighted by Gasteiger charge is 2.41. The van der Waals surface area contributed by atoms with Crippen LogP contribution in [0.2, 0.25) is 0 Å². The van der Waals surface area contributed by atoms with E-state index in [4.69, 9.17) is 0 Å². The number of hydrogen-bond acceptors (Lipinski definition) is 4. The van der Waals surface area contributed by atoms with Gasteiger partial charge >= 0.3 is 0 Å². The summed E-state index contributed by atoms with van der Waals surface area (Å²) in [4.78, 5) is 39.2. The van der Waals surface area contributed by atoms with Gasteiger partial charge in [-0.25, -0.2) is 0 Å². The minimum Gasteiger partial charge on any atom is -0.389 e. The molecule has 0 heterocycles. The molecule has 1 aliphatic carbocycles. The first-order valence-corrected chi connectivity index (χ1v) is 13.6. The van der Waals surface area contributed by atoms with Gasteiger partial charge in [0.25, 0.3) is 5.91 Å². The first-order chi connectivity index (χ1) is 17.4. The van der Waals surface area contributed by atoms with Crippen molar-refractivity contribution in [3.05, 3.63) is 69.8 Å². The summed E-state index contributed by atoms with van der Waals surface area (Å²) < 4.78 is 0.